The van der Waals surface area contributed by atoms with E-state index in [2.05, 4.69) is 15.4 Å². The Hall–Kier alpha value is -1.56. The van der Waals surface area contributed by atoms with E-state index >= 15 is 0 Å². The summed E-state index contributed by atoms with van der Waals surface area (Å²) in [6.45, 7) is 0.545. The molecule has 0 unspecified atom stereocenters. The molecule has 0 saturated heterocycles. The van der Waals surface area contributed by atoms with E-state index in [0.717, 1.165) is 10.8 Å². The number of halogens is 1. The molecule has 0 fully saturated rings. The maximum Gasteiger partial charge on any atom is 0.138 e. The van der Waals surface area contributed by atoms with Crippen molar-refractivity contribution in [2.24, 2.45) is 0 Å². The van der Waals surface area contributed by atoms with E-state index < -0.39 is 0 Å². The summed E-state index contributed by atoms with van der Waals surface area (Å²) in [4.78, 5) is 0. The second-order valence-electron chi connectivity index (χ2n) is 2.96. The predicted molar refractivity (Wildman–Crippen MR) is 59.0 cm³/mol. The van der Waals surface area contributed by atoms with E-state index in [1.54, 1.807) is 30.1 Å². The lowest BCUT2D eigenvalue weighted by atomic mass is 10.3. The van der Waals surface area contributed by atoms with Gasteiger partial charge in [-0.1, -0.05) is 11.8 Å². The molecule has 0 atom stereocenters. The molecule has 6 heteroatoms. The maximum absolute atomic E-state index is 12.6. The lowest BCUT2D eigenvalue weighted by Crippen LogP contribution is -1.99. The van der Waals surface area contributed by atoms with E-state index in [4.69, 9.17) is 4.74 Å². The Balaban J connectivity index is 1.70. The number of rotatable bonds is 5. The number of hydrogen-bond acceptors (Lipinski definition) is 4. The van der Waals surface area contributed by atoms with Crippen molar-refractivity contribution in [1.82, 2.24) is 15.4 Å². The molecule has 1 N–H and O–H groups in total. The summed E-state index contributed by atoms with van der Waals surface area (Å²) in [5.74, 6) is 1.18. The molecule has 0 bridgehead atoms. The Labute approximate surface area is 96.2 Å². The van der Waals surface area contributed by atoms with Gasteiger partial charge in [-0.15, -0.1) is 5.10 Å². The molecular weight excluding hydrogens is 229 g/mol. The predicted octanol–water partition coefficient (Wildman–Crippen LogP) is 2.11. The Kier molecular flexibility index (Phi) is 3.76. The van der Waals surface area contributed by atoms with E-state index in [0.29, 0.717) is 12.4 Å². The van der Waals surface area contributed by atoms with Crippen LogP contribution in [-0.4, -0.2) is 27.8 Å². The smallest absolute Gasteiger partial charge is 0.138 e. The summed E-state index contributed by atoms with van der Waals surface area (Å²) in [7, 11) is 0. The number of aromatic amines is 1. The fraction of sp³-hybridized carbons (Fsp3) is 0.200. The van der Waals surface area contributed by atoms with Crippen molar-refractivity contribution >= 4 is 11.8 Å². The van der Waals surface area contributed by atoms with Crippen LogP contribution in [0.1, 0.15) is 0 Å². The van der Waals surface area contributed by atoms with Crippen molar-refractivity contribution in [2.75, 3.05) is 12.4 Å². The molecule has 0 aliphatic heterocycles. The van der Waals surface area contributed by atoms with Gasteiger partial charge in [-0.2, -0.15) is 10.3 Å². The molecule has 0 amide bonds. The third-order valence-electron chi connectivity index (χ3n) is 1.81. The molecule has 84 valence electrons. The number of nitrogens with one attached hydrogen (secondary N) is 1. The largest absolute Gasteiger partial charge is 0.493 e. The van der Waals surface area contributed by atoms with Crippen LogP contribution in [0.5, 0.6) is 5.75 Å². The number of thioether (sulfide) groups is 1. The van der Waals surface area contributed by atoms with Crippen molar-refractivity contribution in [2.45, 2.75) is 5.03 Å². The van der Waals surface area contributed by atoms with Gasteiger partial charge < -0.3 is 4.74 Å². The average Bonchev–Trinajstić information content (AvgIpc) is 2.80. The van der Waals surface area contributed by atoms with Crippen molar-refractivity contribution < 1.29 is 9.13 Å². The van der Waals surface area contributed by atoms with Crippen LogP contribution >= 0.6 is 11.8 Å². The number of H-pyrrole nitrogens is 1. The normalized spacial score (nSPS) is 10.3. The summed E-state index contributed by atoms with van der Waals surface area (Å²) >= 11 is 1.55. The van der Waals surface area contributed by atoms with E-state index in [-0.39, 0.29) is 5.82 Å². The third kappa shape index (κ3) is 3.23. The highest BCUT2D eigenvalue weighted by Crippen LogP contribution is 2.14. The molecule has 0 spiro atoms. The highest BCUT2D eigenvalue weighted by Gasteiger charge is 1.98. The van der Waals surface area contributed by atoms with Crippen LogP contribution < -0.4 is 4.74 Å². The average molecular weight is 239 g/mol. The molecule has 16 heavy (non-hydrogen) atoms. The molecule has 0 aliphatic rings. The van der Waals surface area contributed by atoms with Crippen LogP contribution in [0.25, 0.3) is 0 Å². The number of ether oxygens (including phenoxy) is 1. The van der Waals surface area contributed by atoms with Gasteiger partial charge in [0.25, 0.3) is 0 Å². The lowest BCUT2D eigenvalue weighted by Gasteiger charge is -2.04. The summed E-state index contributed by atoms with van der Waals surface area (Å²) in [5, 5.41) is 11.0. The topological polar surface area (TPSA) is 50.8 Å². The molecule has 0 saturated carbocycles. The van der Waals surface area contributed by atoms with Crippen LogP contribution in [-0.2, 0) is 0 Å². The maximum atomic E-state index is 12.6. The van der Waals surface area contributed by atoms with Crippen LogP contribution in [0.4, 0.5) is 4.39 Å². The molecule has 0 radical (unpaired) electrons. The zero-order valence-electron chi connectivity index (χ0n) is 8.39. The van der Waals surface area contributed by atoms with Crippen LogP contribution in [0, 0.1) is 5.82 Å². The molecular formula is C10H10FN3OS. The van der Waals surface area contributed by atoms with E-state index in [9.17, 15) is 4.39 Å². The third-order valence-corrected chi connectivity index (χ3v) is 2.67. The molecule has 2 rings (SSSR count). The van der Waals surface area contributed by atoms with Crippen molar-refractivity contribution in [3.63, 3.8) is 0 Å². The summed E-state index contributed by atoms with van der Waals surface area (Å²) in [6, 6.07) is 5.96. The quantitative estimate of drug-likeness (QED) is 0.641. The van der Waals surface area contributed by atoms with Gasteiger partial charge in [0, 0.05) is 5.75 Å². The van der Waals surface area contributed by atoms with Crippen LogP contribution in [0.2, 0.25) is 0 Å². The monoisotopic (exact) mass is 239 g/mol. The fourth-order valence-corrected chi connectivity index (χ4v) is 1.71. The van der Waals surface area contributed by atoms with Gasteiger partial charge >= 0.3 is 0 Å². The van der Waals surface area contributed by atoms with Crippen molar-refractivity contribution in [3.8, 4) is 5.75 Å². The van der Waals surface area contributed by atoms with Crippen LogP contribution in [0.3, 0.4) is 0 Å². The van der Waals surface area contributed by atoms with Crippen molar-refractivity contribution in [3.05, 3.63) is 36.3 Å². The summed E-state index contributed by atoms with van der Waals surface area (Å²) in [5.41, 5.74) is 0. The van der Waals surface area contributed by atoms with Gasteiger partial charge in [0.2, 0.25) is 0 Å². The van der Waals surface area contributed by atoms with E-state index in [1.807, 2.05) is 0 Å². The second-order valence-corrected chi connectivity index (χ2v) is 4.07. The SMILES string of the molecule is Fc1ccc(OCCSc2cn[nH]n2)cc1. The highest BCUT2D eigenvalue weighted by atomic mass is 32.2. The summed E-state index contributed by atoms with van der Waals surface area (Å²) < 4.78 is 18.0. The standard InChI is InChI=1S/C10H10FN3OS/c11-8-1-3-9(4-2-8)15-5-6-16-10-7-12-14-13-10/h1-4,7H,5-6H2,(H,12,13,14). The molecule has 2 aromatic rings. The first kappa shape index (κ1) is 10.9. The number of aromatic nitrogens is 3. The minimum Gasteiger partial charge on any atom is -0.493 e. The minimum atomic E-state index is -0.260. The lowest BCUT2D eigenvalue weighted by molar-refractivity contribution is 0.343. The zero-order valence-corrected chi connectivity index (χ0v) is 9.21. The van der Waals surface area contributed by atoms with Crippen molar-refractivity contribution in [1.29, 1.82) is 0 Å². The molecule has 1 heterocycles. The molecule has 4 nitrogen and oxygen atoms in total. The first-order valence-electron chi connectivity index (χ1n) is 4.71. The number of hydrogen-bond donors (Lipinski definition) is 1. The Bertz CT molecular complexity index is 418. The summed E-state index contributed by atoms with van der Waals surface area (Å²) in [6.07, 6.45) is 1.66. The highest BCUT2D eigenvalue weighted by molar-refractivity contribution is 7.99. The van der Waals surface area contributed by atoms with E-state index in [1.165, 1.54) is 12.1 Å². The first-order valence-corrected chi connectivity index (χ1v) is 5.70. The first-order chi connectivity index (χ1) is 7.84. The Morgan fingerprint density at radius 1 is 1.31 bits per heavy atom. The van der Waals surface area contributed by atoms with Gasteiger partial charge in [-0.25, -0.2) is 4.39 Å². The van der Waals surface area contributed by atoms with Gasteiger partial charge in [-0.05, 0) is 24.3 Å². The Morgan fingerprint density at radius 3 is 2.81 bits per heavy atom. The second kappa shape index (κ2) is 5.50. The van der Waals surface area contributed by atoms with Gasteiger partial charge in [0.05, 0.1) is 12.8 Å². The molecule has 1 aromatic carbocycles. The van der Waals surface area contributed by atoms with Gasteiger partial charge in [0.1, 0.15) is 16.6 Å². The van der Waals surface area contributed by atoms with Gasteiger partial charge in [-0.3, -0.25) is 0 Å². The number of nitrogens with zero attached hydrogens (tertiary/aromatic N) is 2. The molecule has 1 aromatic heterocycles. The van der Waals surface area contributed by atoms with Gasteiger partial charge in [0.15, 0.2) is 0 Å². The van der Waals surface area contributed by atoms with Crippen LogP contribution in [0.15, 0.2) is 35.5 Å². The zero-order chi connectivity index (χ0) is 11.2. The minimum absolute atomic E-state index is 0.260. The molecule has 0 aliphatic carbocycles. The Morgan fingerprint density at radius 2 is 2.12 bits per heavy atom. The fourth-order valence-electron chi connectivity index (χ4n) is 1.10. The number of benzene rings is 1.